The zero-order chi connectivity index (χ0) is 15.6. The van der Waals surface area contributed by atoms with Gasteiger partial charge in [-0.2, -0.15) is 18.3 Å². The maximum Gasteiger partial charge on any atom is 0.446 e. The smallest absolute Gasteiger partial charge is 0.292 e. The van der Waals surface area contributed by atoms with Gasteiger partial charge in [-0.3, -0.25) is 9.48 Å². The lowest BCUT2D eigenvalue weighted by molar-refractivity contribution is -0.0328. The minimum Gasteiger partial charge on any atom is -0.292 e. The van der Waals surface area contributed by atoms with Gasteiger partial charge in [0.25, 0.3) is 0 Å². The van der Waals surface area contributed by atoms with Crippen molar-refractivity contribution in [2.24, 2.45) is 0 Å². The lowest BCUT2D eigenvalue weighted by atomic mass is 10.1. The van der Waals surface area contributed by atoms with Crippen LogP contribution in [0.2, 0.25) is 0 Å². The van der Waals surface area contributed by atoms with Crippen LogP contribution in [0.4, 0.5) is 17.6 Å². The molecule has 1 aromatic heterocycles. The molecule has 0 aliphatic rings. The Morgan fingerprint density at radius 3 is 2.38 bits per heavy atom. The van der Waals surface area contributed by atoms with Crippen LogP contribution < -0.4 is 0 Å². The van der Waals surface area contributed by atoms with Crippen LogP contribution in [0.25, 0.3) is 0 Å². The molecule has 3 nitrogen and oxygen atoms in total. The van der Waals surface area contributed by atoms with Crippen molar-refractivity contribution >= 4 is 17.5 Å². The van der Waals surface area contributed by atoms with Crippen LogP contribution >= 0.6 is 11.8 Å². The fraction of sp³-hybridized carbons (Fsp3) is 0.231. The number of benzene rings is 1. The predicted molar refractivity (Wildman–Crippen MR) is 69.6 cm³/mol. The highest BCUT2D eigenvalue weighted by Crippen LogP contribution is 2.36. The molecule has 0 aliphatic carbocycles. The number of alkyl halides is 3. The molecule has 0 bridgehead atoms. The van der Waals surface area contributed by atoms with Crippen LogP contribution in [0.5, 0.6) is 0 Å². The van der Waals surface area contributed by atoms with Crippen LogP contribution in [-0.2, 0) is 0 Å². The molecular weight excluding hydrogens is 308 g/mol. The highest BCUT2D eigenvalue weighted by atomic mass is 32.2. The Kier molecular flexibility index (Phi) is 4.36. The van der Waals surface area contributed by atoms with Gasteiger partial charge in [-0.15, -0.1) is 0 Å². The van der Waals surface area contributed by atoms with Gasteiger partial charge in [-0.05, 0) is 30.8 Å². The van der Waals surface area contributed by atoms with Crippen LogP contribution in [0, 0.1) is 5.82 Å². The molecule has 0 saturated heterocycles. The molecule has 1 aromatic carbocycles. The second kappa shape index (κ2) is 5.88. The monoisotopic (exact) mass is 318 g/mol. The number of hydrogen-bond donors (Lipinski definition) is 0. The number of ketones is 1. The average molecular weight is 318 g/mol. The van der Waals surface area contributed by atoms with Crippen LogP contribution in [0.3, 0.4) is 0 Å². The summed E-state index contributed by atoms with van der Waals surface area (Å²) in [6.45, 7) is 1.53. The standard InChI is InChI=1S/C13H10F4N2OS/c1-8(19-7-10(14)6-18-19)12(20)9-2-4-11(5-3-9)21-13(15,16)17/h2-8H,1H3/t8-/m0/s1. The van der Waals surface area contributed by atoms with E-state index >= 15 is 0 Å². The molecule has 2 aromatic rings. The molecule has 0 fully saturated rings. The number of nitrogens with zero attached hydrogens (tertiary/aromatic N) is 2. The Bertz CT molecular complexity index is 636. The Balaban J connectivity index is 2.13. The number of Topliss-reactive ketones (excluding diaryl/α,β-unsaturated/α-hetero) is 1. The molecule has 112 valence electrons. The Morgan fingerprint density at radius 1 is 1.29 bits per heavy atom. The number of carbonyl (C=O) groups is 1. The summed E-state index contributed by atoms with van der Waals surface area (Å²) in [5.41, 5.74) is -4.13. The summed E-state index contributed by atoms with van der Waals surface area (Å²) in [6, 6.07) is 4.33. The first-order valence-electron chi connectivity index (χ1n) is 5.86. The normalized spacial score (nSPS) is 13.2. The highest BCUT2D eigenvalue weighted by molar-refractivity contribution is 8.00. The van der Waals surface area contributed by atoms with Gasteiger partial charge in [0.1, 0.15) is 6.04 Å². The maximum absolute atomic E-state index is 12.9. The summed E-state index contributed by atoms with van der Waals surface area (Å²) < 4.78 is 50.6. The number of halogens is 4. The summed E-state index contributed by atoms with van der Waals surface area (Å²) in [7, 11) is 0. The second-order valence-corrected chi connectivity index (χ2v) is 5.39. The molecule has 21 heavy (non-hydrogen) atoms. The van der Waals surface area contributed by atoms with Gasteiger partial charge >= 0.3 is 5.51 Å². The lowest BCUT2D eigenvalue weighted by Gasteiger charge is -2.11. The third kappa shape index (κ3) is 4.07. The second-order valence-electron chi connectivity index (χ2n) is 4.25. The van der Waals surface area contributed by atoms with E-state index in [-0.39, 0.29) is 28.0 Å². The van der Waals surface area contributed by atoms with Gasteiger partial charge in [0.05, 0.1) is 12.4 Å². The minimum absolute atomic E-state index is 0.00293. The van der Waals surface area contributed by atoms with E-state index in [4.69, 9.17) is 0 Å². The molecule has 0 aliphatic heterocycles. The van der Waals surface area contributed by atoms with E-state index in [0.29, 0.717) is 0 Å². The van der Waals surface area contributed by atoms with E-state index in [9.17, 15) is 22.4 Å². The van der Waals surface area contributed by atoms with Gasteiger partial charge < -0.3 is 0 Å². The fourth-order valence-electron chi connectivity index (χ4n) is 1.71. The average Bonchev–Trinajstić information content (AvgIpc) is 2.83. The van der Waals surface area contributed by atoms with Crippen molar-refractivity contribution < 1.29 is 22.4 Å². The van der Waals surface area contributed by atoms with E-state index in [2.05, 4.69) is 5.10 Å². The summed E-state index contributed by atoms with van der Waals surface area (Å²) in [6.07, 6.45) is 2.06. The van der Waals surface area contributed by atoms with Gasteiger partial charge in [0.2, 0.25) is 0 Å². The van der Waals surface area contributed by atoms with Crippen LogP contribution in [-0.4, -0.2) is 21.1 Å². The molecule has 0 spiro atoms. The Hall–Kier alpha value is -1.83. The lowest BCUT2D eigenvalue weighted by Crippen LogP contribution is -2.17. The first-order valence-corrected chi connectivity index (χ1v) is 6.67. The zero-order valence-corrected chi connectivity index (χ0v) is 11.6. The molecule has 0 saturated carbocycles. The predicted octanol–water partition coefficient (Wildman–Crippen LogP) is 4.08. The Labute approximate surface area is 122 Å². The minimum atomic E-state index is -4.37. The van der Waals surface area contributed by atoms with Crippen molar-refractivity contribution in [2.45, 2.75) is 23.4 Å². The summed E-state index contributed by atoms with van der Waals surface area (Å²) in [5.74, 6) is -0.923. The quantitative estimate of drug-likeness (QED) is 0.484. The maximum atomic E-state index is 12.9. The fourth-order valence-corrected chi connectivity index (χ4v) is 2.25. The van der Waals surface area contributed by atoms with Crippen molar-refractivity contribution in [1.82, 2.24) is 9.78 Å². The SMILES string of the molecule is C[C@@H](C(=O)c1ccc(SC(F)(F)F)cc1)n1cc(F)cn1. The zero-order valence-electron chi connectivity index (χ0n) is 10.8. The van der Waals surface area contributed by atoms with Crippen molar-refractivity contribution in [3.05, 3.63) is 48.0 Å². The molecular formula is C13H10F4N2OS. The van der Waals surface area contributed by atoms with E-state index in [1.165, 1.54) is 31.2 Å². The van der Waals surface area contributed by atoms with E-state index in [0.717, 1.165) is 17.1 Å². The number of aromatic nitrogens is 2. The largest absolute Gasteiger partial charge is 0.446 e. The number of carbonyl (C=O) groups excluding carboxylic acids is 1. The molecule has 0 radical (unpaired) electrons. The topological polar surface area (TPSA) is 34.9 Å². The highest BCUT2D eigenvalue weighted by Gasteiger charge is 2.29. The van der Waals surface area contributed by atoms with Crippen molar-refractivity contribution in [2.75, 3.05) is 0 Å². The van der Waals surface area contributed by atoms with Crippen molar-refractivity contribution in [1.29, 1.82) is 0 Å². The molecule has 1 atom stereocenters. The van der Waals surface area contributed by atoms with Crippen LogP contribution in [0.1, 0.15) is 23.3 Å². The van der Waals surface area contributed by atoms with Gasteiger partial charge in [-0.1, -0.05) is 12.1 Å². The van der Waals surface area contributed by atoms with E-state index in [1.54, 1.807) is 0 Å². The molecule has 1 heterocycles. The van der Waals surface area contributed by atoms with Crippen LogP contribution in [0.15, 0.2) is 41.6 Å². The molecule has 8 heteroatoms. The third-order valence-electron chi connectivity index (χ3n) is 2.72. The van der Waals surface area contributed by atoms with Crippen molar-refractivity contribution in [3.8, 4) is 0 Å². The molecule has 0 N–H and O–H groups in total. The Morgan fingerprint density at radius 2 is 1.90 bits per heavy atom. The number of hydrogen-bond acceptors (Lipinski definition) is 3. The molecule has 2 rings (SSSR count). The summed E-state index contributed by atoms with van der Waals surface area (Å²) >= 11 is -0.249. The van der Waals surface area contributed by atoms with Crippen molar-refractivity contribution in [3.63, 3.8) is 0 Å². The van der Waals surface area contributed by atoms with Gasteiger partial charge in [0, 0.05) is 10.5 Å². The first-order chi connectivity index (χ1) is 9.76. The molecule has 0 unspecified atom stereocenters. The first kappa shape index (κ1) is 15.6. The van der Waals surface area contributed by atoms with Gasteiger partial charge in [0.15, 0.2) is 11.6 Å². The number of rotatable bonds is 4. The summed E-state index contributed by atoms with van der Waals surface area (Å²) in [5, 5.41) is 3.70. The third-order valence-corrected chi connectivity index (χ3v) is 3.46. The molecule has 0 amide bonds. The summed E-state index contributed by atoms with van der Waals surface area (Å²) in [4.78, 5) is 12.1. The van der Waals surface area contributed by atoms with Gasteiger partial charge in [-0.25, -0.2) is 4.39 Å². The van der Waals surface area contributed by atoms with E-state index < -0.39 is 17.4 Å². The van der Waals surface area contributed by atoms with E-state index in [1.807, 2.05) is 0 Å². The number of thioether (sulfide) groups is 1.